The molecule has 4 heteroatoms. The Bertz CT molecular complexity index is 750. The minimum atomic E-state index is -0.484. The van der Waals surface area contributed by atoms with E-state index in [-0.39, 0.29) is 22.0 Å². The lowest BCUT2D eigenvalue weighted by molar-refractivity contribution is 0.171. The number of hydrogen-bond donors (Lipinski definition) is 0. The average molecular weight is 386 g/mol. The second-order valence-electron chi connectivity index (χ2n) is 9.03. The first-order valence-corrected chi connectivity index (χ1v) is 12.1. The Kier molecular flexibility index (Phi) is 4.37. The molecule has 0 fully saturated rings. The van der Waals surface area contributed by atoms with Gasteiger partial charge in [0.05, 0.1) is 0 Å². The van der Waals surface area contributed by atoms with Gasteiger partial charge in [-0.25, -0.2) is 0 Å². The molecule has 0 radical (unpaired) electrons. The highest BCUT2D eigenvalue weighted by Gasteiger charge is 2.53. The zero-order valence-corrected chi connectivity index (χ0v) is 18.3. The van der Waals surface area contributed by atoms with E-state index in [0.717, 1.165) is 11.5 Å². The second-order valence-corrected chi connectivity index (χ2v) is 15.2. The van der Waals surface area contributed by atoms with Crippen LogP contribution in [-0.4, -0.2) is 22.0 Å². The zero-order chi connectivity index (χ0) is 18.7. The van der Waals surface area contributed by atoms with Gasteiger partial charge in [0.25, 0.3) is 0 Å². The molecule has 2 aromatic carbocycles. The molecule has 2 heterocycles. The van der Waals surface area contributed by atoms with E-state index in [1.165, 1.54) is 10.6 Å². The van der Waals surface area contributed by atoms with Gasteiger partial charge < -0.3 is 9.47 Å². The van der Waals surface area contributed by atoms with Gasteiger partial charge in [-0.3, -0.25) is 0 Å². The molecule has 0 unspecified atom stereocenters. The standard InChI is InChI=1S/C22H28O2P2/c1-21(2,3)25-17-13-9-7-11-15(17)23-19(25)20-24-16-12-8-10-14-18(16)26(20)22(4,5)6/h7-14,19-20H,1-6H3/t19-,20+,25+,26-. The smallest absolute Gasteiger partial charge is 0.162 e. The Balaban J connectivity index is 1.80. The lowest BCUT2D eigenvalue weighted by Gasteiger charge is -2.39. The van der Waals surface area contributed by atoms with Crippen molar-refractivity contribution in [2.45, 2.75) is 63.5 Å². The van der Waals surface area contributed by atoms with Gasteiger partial charge in [-0.1, -0.05) is 77.9 Å². The molecule has 0 aromatic heterocycles. The predicted molar refractivity (Wildman–Crippen MR) is 114 cm³/mol. The SMILES string of the molecule is CC(C)(C)[P@]1c2ccccc2O[C@@H]1[C@@H]1Oc2ccccc2[P@]1C(C)(C)C. The van der Waals surface area contributed by atoms with Crippen molar-refractivity contribution in [2.75, 3.05) is 0 Å². The van der Waals surface area contributed by atoms with Gasteiger partial charge in [-0.05, 0) is 38.3 Å². The zero-order valence-electron chi connectivity index (χ0n) is 16.5. The van der Waals surface area contributed by atoms with Crippen molar-refractivity contribution in [1.82, 2.24) is 0 Å². The van der Waals surface area contributed by atoms with E-state index in [1.54, 1.807) is 0 Å². The van der Waals surface area contributed by atoms with E-state index < -0.39 is 15.8 Å². The van der Waals surface area contributed by atoms with Gasteiger partial charge >= 0.3 is 0 Å². The van der Waals surface area contributed by atoms with Crippen LogP contribution < -0.4 is 20.1 Å². The van der Waals surface area contributed by atoms with E-state index in [2.05, 4.69) is 90.1 Å². The number of ether oxygens (including phenoxy) is 2. The summed E-state index contributed by atoms with van der Waals surface area (Å²) in [6, 6.07) is 17.2. The van der Waals surface area contributed by atoms with Crippen LogP contribution in [0.15, 0.2) is 48.5 Å². The number of hydrogen-bond acceptors (Lipinski definition) is 2. The van der Waals surface area contributed by atoms with Gasteiger partial charge in [0.15, 0.2) is 11.7 Å². The van der Waals surface area contributed by atoms with E-state index in [9.17, 15) is 0 Å². The molecule has 26 heavy (non-hydrogen) atoms. The summed E-state index contributed by atoms with van der Waals surface area (Å²) in [6.07, 6.45) is 0. The molecule has 2 aliphatic rings. The highest BCUT2D eigenvalue weighted by molar-refractivity contribution is 7.72. The summed E-state index contributed by atoms with van der Waals surface area (Å²) in [5.74, 6) is 2.34. The highest BCUT2D eigenvalue weighted by atomic mass is 31.1. The van der Waals surface area contributed by atoms with Crippen LogP contribution in [0.4, 0.5) is 0 Å². The Morgan fingerprint density at radius 2 is 0.962 bits per heavy atom. The fourth-order valence-corrected chi connectivity index (χ4v) is 10.6. The molecule has 0 aliphatic carbocycles. The van der Waals surface area contributed by atoms with Crippen molar-refractivity contribution >= 4 is 26.5 Å². The summed E-state index contributed by atoms with van der Waals surface area (Å²) in [7, 11) is -0.968. The monoisotopic (exact) mass is 386 g/mol. The molecule has 2 nitrogen and oxygen atoms in total. The van der Waals surface area contributed by atoms with Crippen molar-refractivity contribution in [2.24, 2.45) is 0 Å². The molecule has 0 bridgehead atoms. The van der Waals surface area contributed by atoms with Crippen LogP contribution in [0.1, 0.15) is 41.5 Å². The van der Waals surface area contributed by atoms with Crippen molar-refractivity contribution in [1.29, 1.82) is 0 Å². The van der Waals surface area contributed by atoms with Crippen LogP contribution in [0.3, 0.4) is 0 Å². The summed E-state index contributed by atoms with van der Waals surface area (Å²) in [6.45, 7) is 14.1. The third-order valence-electron chi connectivity index (χ3n) is 4.94. The van der Waals surface area contributed by atoms with Crippen LogP contribution in [0.25, 0.3) is 0 Å². The number of rotatable bonds is 1. The number of para-hydroxylation sites is 2. The van der Waals surface area contributed by atoms with Crippen LogP contribution in [0.2, 0.25) is 0 Å². The molecule has 138 valence electrons. The molecule has 4 rings (SSSR count). The van der Waals surface area contributed by atoms with E-state index in [0.29, 0.717) is 0 Å². The first-order valence-electron chi connectivity index (χ1n) is 9.28. The predicted octanol–water partition coefficient (Wildman–Crippen LogP) is 5.64. The molecule has 2 aromatic rings. The Hall–Kier alpha value is -1.10. The maximum absolute atomic E-state index is 6.61. The Morgan fingerprint density at radius 1 is 0.615 bits per heavy atom. The fourth-order valence-electron chi connectivity index (χ4n) is 4.01. The maximum atomic E-state index is 6.61. The summed E-state index contributed by atoms with van der Waals surface area (Å²) in [5, 5.41) is 3.12. The molecular formula is C22H28O2P2. The summed E-state index contributed by atoms with van der Waals surface area (Å²) in [5.41, 5.74) is 0. The molecule has 0 spiro atoms. The van der Waals surface area contributed by atoms with Crippen LogP contribution in [-0.2, 0) is 0 Å². The van der Waals surface area contributed by atoms with Crippen LogP contribution in [0, 0.1) is 0 Å². The second kappa shape index (κ2) is 6.22. The number of fused-ring (bicyclic) bond motifs is 2. The topological polar surface area (TPSA) is 18.5 Å². The molecule has 4 atom stereocenters. The van der Waals surface area contributed by atoms with E-state index in [1.807, 2.05) is 0 Å². The lowest BCUT2D eigenvalue weighted by Crippen LogP contribution is -2.37. The summed E-state index contributed by atoms with van der Waals surface area (Å²) < 4.78 is 13.2. The van der Waals surface area contributed by atoms with Gasteiger partial charge in [-0.2, -0.15) is 0 Å². The van der Waals surface area contributed by atoms with Gasteiger partial charge in [-0.15, -0.1) is 0 Å². The summed E-state index contributed by atoms with van der Waals surface area (Å²) in [4.78, 5) is 0. The third kappa shape index (κ3) is 2.96. The van der Waals surface area contributed by atoms with Crippen molar-refractivity contribution < 1.29 is 9.47 Å². The quantitative estimate of drug-likeness (QED) is 0.591. The van der Waals surface area contributed by atoms with Crippen LogP contribution >= 0.6 is 15.8 Å². The fraction of sp³-hybridized carbons (Fsp3) is 0.455. The number of benzene rings is 2. The van der Waals surface area contributed by atoms with Crippen molar-refractivity contribution in [3.8, 4) is 11.5 Å². The van der Waals surface area contributed by atoms with Gasteiger partial charge in [0, 0.05) is 10.6 Å². The summed E-state index contributed by atoms with van der Waals surface area (Å²) >= 11 is 0. The largest absolute Gasteiger partial charge is 0.481 e. The Morgan fingerprint density at radius 3 is 1.31 bits per heavy atom. The van der Waals surface area contributed by atoms with Gasteiger partial charge in [0.2, 0.25) is 0 Å². The molecule has 0 saturated heterocycles. The van der Waals surface area contributed by atoms with Crippen molar-refractivity contribution in [3.63, 3.8) is 0 Å². The van der Waals surface area contributed by atoms with E-state index >= 15 is 0 Å². The minimum Gasteiger partial charge on any atom is -0.481 e. The lowest BCUT2D eigenvalue weighted by atomic mass is 10.3. The normalized spacial score (nSPS) is 27.5. The Labute approximate surface area is 159 Å². The van der Waals surface area contributed by atoms with E-state index in [4.69, 9.17) is 9.47 Å². The first-order chi connectivity index (χ1) is 12.2. The molecule has 0 N–H and O–H groups in total. The highest BCUT2D eigenvalue weighted by Crippen LogP contribution is 2.67. The molecular weight excluding hydrogens is 358 g/mol. The first kappa shape index (κ1) is 18.3. The third-order valence-corrected chi connectivity index (χ3v) is 11.6. The molecule has 0 saturated carbocycles. The minimum absolute atomic E-state index is 0.111. The molecule has 0 amide bonds. The average Bonchev–Trinajstić information content (AvgIpc) is 3.12. The maximum Gasteiger partial charge on any atom is 0.162 e. The van der Waals surface area contributed by atoms with Gasteiger partial charge in [0.1, 0.15) is 11.5 Å². The molecule has 2 aliphatic heterocycles. The van der Waals surface area contributed by atoms with Crippen LogP contribution in [0.5, 0.6) is 11.5 Å². The van der Waals surface area contributed by atoms with Crippen molar-refractivity contribution in [3.05, 3.63) is 48.5 Å².